The van der Waals surface area contributed by atoms with Crippen LogP contribution in [-0.2, 0) is 4.74 Å². The van der Waals surface area contributed by atoms with Gasteiger partial charge in [-0.1, -0.05) is 119 Å². The molecule has 0 aromatic rings. The van der Waals surface area contributed by atoms with Gasteiger partial charge in [-0.05, 0) is 37.5 Å². The van der Waals surface area contributed by atoms with E-state index in [1.54, 1.807) is 0 Å². The van der Waals surface area contributed by atoms with E-state index in [-0.39, 0.29) is 0 Å². The molecular weight excluding hydrogens is 328 g/mol. The molecule has 0 bridgehead atoms. The van der Waals surface area contributed by atoms with E-state index >= 15 is 0 Å². The zero-order valence-electron chi connectivity index (χ0n) is 20.0. The number of unbranched alkanes of at least 4 members (excludes halogenated alkanes) is 8. The first kappa shape index (κ1) is 27.0. The Bertz CT molecular complexity index is 256. The van der Waals surface area contributed by atoms with E-state index in [9.17, 15) is 0 Å². The zero-order chi connectivity index (χ0) is 20.3. The fourth-order valence-corrected chi connectivity index (χ4v) is 3.92. The van der Waals surface area contributed by atoms with Gasteiger partial charge >= 0.3 is 0 Å². The van der Waals surface area contributed by atoms with Gasteiger partial charge in [0.2, 0.25) is 0 Å². The average Bonchev–Trinajstić information content (AvgIpc) is 2.63. The molecule has 0 saturated heterocycles. The molecule has 0 N–H and O–H groups in total. The predicted octanol–water partition coefficient (Wildman–Crippen LogP) is 9.33. The molecule has 0 saturated carbocycles. The third-order valence-corrected chi connectivity index (χ3v) is 5.91. The van der Waals surface area contributed by atoms with Crippen LogP contribution in [0.1, 0.15) is 144 Å². The normalized spacial score (nSPS) is 14.2. The van der Waals surface area contributed by atoms with Crippen LogP contribution < -0.4 is 0 Å². The van der Waals surface area contributed by atoms with Crippen molar-refractivity contribution in [1.82, 2.24) is 0 Å². The Morgan fingerprint density at radius 2 is 0.741 bits per heavy atom. The number of ether oxygens (including phenoxy) is 1. The van der Waals surface area contributed by atoms with Crippen LogP contribution in [0.5, 0.6) is 0 Å². The maximum Gasteiger partial charge on any atom is 0.0576 e. The van der Waals surface area contributed by atoms with Gasteiger partial charge in [0.25, 0.3) is 0 Å². The Balaban J connectivity index is 3.70. The van der Waals surface area contributed by atoms with Crippen LogP contribution in [-0.4, -0.2) is 12.2 Å². The Morgan fingerprint density at radius 1 is 0.444 bits per heavy atom. The lowest BCUT2D eigenvalue weighted by Crippen LogP contribution is -2.21. The lowest BCUT2D eigenvalue weighted by Gasteiger charge is -2.23. The van der Waals surface area contributed by atoms with E-state index in [2.05, 4.69) is 41.5 Å². The molecule has 0 radical (unpaired) electrons. The molecule has 27 heavy (non-hydrogen) atoms. The van der Waals surface area contributed by atoms with Crippen molar-refractivity contribution in [3.05, 3.63) is 0 Å². The summed E-state index contributed by atoms with van der Waals surface area (Å²) < 4.78 is 6.47. The van der Waals surface area contributed by atoms with E-state index in [1.807, 2.05) is 0 Å². The lowest BCUT2D eigenvalue weighted by atomic mass is 10.0. The molecular formula is C26H54O. The van der Waals surface area contributed by atoms with Gasteiger partial charge in [-0.3, -0.25) is 0 Å². The summed E-state index contributed by atoms with van der Waals surface area (Å²) in [6.45, 7) is 13.9. The maximum atomic E-state index is 6.47. The monoisotopic (exact) mass is 382 g/mol. The molecule has 164 valence electrons. The van der Waals surface area contributed by atoms with Gasteiger partial charge in [-0.2, -0.15) is 0 Å². The Kier molecular flexibility index (Phi) is 19.3. The van der Waals surface area contributed by atoms with Crippen LogP contribution in [0.25, 0.3) is 0 Å². The van der Waals surface area contributed by atoms with Crippen molar-refractivity contribution in [3.8, 4) is 0 Å². The zero-order valence-corrected chi connectivity index (χ0v) is 20.0. The van der Waals surface area contributed by atoms with Crippen molar-refractivity contribution in [1.29, 1.82) is 0 Å². The first-order valence-corrected chi connectivity index (χ1v) is 12.6. The minimum Gasteiger partial charge on any atom is -0.375 e. The molecule has 1 heteroatoms. The smallest absolute Gasteiger partial charge is 0.0576 e. The SMILES string of the molecule is CCC(CCCCCCCC(C)C)OC(CC)CCCCCCCC(C)C. The molecule has 2 atom stereocenters. The van der Waals surface area contributed by atoms with Crippen molar-refractivity contribution < 1.29 is 4.74 Å². The first-order chi connectivity index (χ1) is 13.0. The van der Waals surface area contributed by atoms with Crippen LogP contribution in [0.3, 0.4) is 0 Å². The molecule has 1 nitrogen and oxygen atoms in total. The quantitative estimate of drug-likeness (QED) is 0.190. The predicted molar refractivity (Wildman–Crippen MR) is 124 cm³/mol. The number of hydrogen-bond donors (Lipinski definition) is 0. The molecule has 2 unspecified atom stereocenters. The highest BCUT2D eigenvalue weighted by Crippen LogP contribution is 2.19. The minimum absolute atomic E-state index is 0.497. The molecule has 0 aliphatic rings. The minimum atomic E-state index is 0.497. The van der Waals surface area contributed by atoms with Crippen LogP contribution in [0.2, 0.25) is 0 Å². The summed E-state index contributed by atoms with van der Waals surface area (Å²) in [7, 11) is 0. The lowest BCUT2D eigenvalue weighted by molar-refractivity contribution is -0.0257. The third kappa shape index (κ3) is 19.1. The average molecular weight is 383 g/mol. The third-order valence-electron chi connectivity index (χ3n) is 5.91. The van der Waals surface area contributed by atoms with Gasteiger partial charge in [0, 0.05) is 0 Å². The van der Waals surface area contributed by atoms with Crippen molar-refractivity contribution >= 4 is 0 Å². The second-order valence-electron chi connectivity index (χ2n) is 9.67. The van der Waals surface area contributed by atoms with Gasteiger partial charge in [0.05, 0.1) is 12.2 Å². The van der Waals surface area contributed by atoms with E-state index in [0.29, 0.717) is 12.2 Å². The van der Waals surface area contributed by atoms with Crippen molar-refractivity contribution in [2.75, 3.05) is 0 Å². The van der Waals surface area contributed by atoms with E-state index in [0.717, 1.165) is 11.8 Å². The van der Waals surface area contributed by atoms with Crippen LogP contribution in [0, 0.1) is 11.8 Å². The second kappa shape index (κ2) is 19.3. The molecule has 0 amide bonds. The molecule has 0 aliphatic carbocycles. The largest absolute Gasteiger partial charge is 0.375 e. The van der Waals surface area contributed by atoms with Gasteiger partial charge in [-0.25, -0.2) is 0 Å². The molecule has 0 rings (SSSR count). The highest BCUT2D eigenvalue weighted by atomic mass is 16.5. The molecule has 0 aromatic heterocycles. The van der Waals surface area contributed by atoms with Crippen LogP contribution in [0.15, 0.2) is 0 Å². The van der Waals surface area contributed by atoms with Gasteiger partial charge in [-0.15, -0.1) is 0 Å². The summed E-state index contributed by atoms with van der Waals surface area (Å²) in [5.41, 5.74) is 0. The summed E-state index contributed by atoms with van der Waals surface area (Å²) in [5, 5.41) is 0. The molecule has 0 fully saturated rings. The Morgan fingerprint density at radius 3 is 1.04 bits per heavy atom. The topological polar surface area (TPSA) is 9.23 Å². The number of hydrogen-bond acceptors (Lipinski definition) is 1. The van der Waals surface area contributed by atoms with Crippen LogP contribution in [0.4, 0.5) is 0 Å². The second-order valence-corrected chi connectivity index (χ2v) is 9.67. The van der Waals surface area contributed by atoms with Gasteiger partial charge in [0.15, 0.2) is 0 Å². The van der Waals surface area contributed by atoms with E-state index in [4.69, 9.17) is 4.74 Å². The fraction of sp³-hybridized carbons (Fsp3) is 1.00. The molecule has 0 heterocycles. The summed E-state index contributed by atoms with van der Waals surface area (Å²) in [6, 6.07) is 0. The van der Waals surface area contributed by atoms with Crippen LogP contribution >= 0.6 is 0 Å². The van der Waals surface area contributed by atoms with Crippen molar-refractivity contribution in [3.63, 3.8) is 0 Å². The standard InChI is InChI=1S/C26H54O/c1-7-25(21-17-13-9-11-15-19-23(3)4)27-26(8-2)22-18-14-10-12-16-20-24(5)6/h23-26H,7-22H2,1-6H3. The summed E-state index contributed by atoms with van der Waals surface area (Å²) in [4.78, 5) is 0. The Labute approximate surface area is 173 Å². The van der Waals surface area contributed by atoms with Crippen molar-refractivity contribution in [2.45, 2.75) is 156 Å². The highest BCUT2D eigenvalue weighted by molar-refractivity contribution is 4.63. The first-order valence-electron chi connectivity index (χ1n) is 12.6. The van der Waals surface area contributed by atoms with E-state index < -0.39 is 0 Å². The summed E-state index contributed by atoms with van der Waals surface area (Å²) >= 11 is 0. The van der Waals surface area contributed by atoms with E-state index in [1.165, 1.54) is 103 Å². The highest BCUT2D eigenvalue weighted by Gasteiger charge is 2.13. The van der Waals surface area contributed by atoms with Crippen molar-refractivity contribution in [2.24, 2.45) is 11.8 Å². The fourth-order valence-electron chi connectivity index (χ4n) is 3.92. The molecule has 0 spiro atoms. The molecule has 0 aromatic carbocycles. The Hall–Kier alpha value is -0.0400. The summed E-state index contributed by atoms with van der Waals surface area (Å²) in [5.74, 6) is 1.74. The number of rotatable bonds is 20. The maximum absolute atomic E-state index is 6.47. The molecule has 0 aliphatic heterocycles. The van der Waals surface area contributed by atoms with Gasteiger partial charge in [0.1, 0.15) is 0 Å². The summed E-state index contributed by atoms with van der Waals surface area (Å²) in [6.07, 6.45) is 22.7. The van der Waals surface area contributed by atoms with Gasteiger partial charge < -0.3 is 4.74 Å².